The van der Waals surface area contributed by atoms with Crippen LogP contribution in [0.5, 0.6) is 0 Å². The molecule has 38 heavy (non-hydrogen) atoms. The van der Waals surface area contributed by atoms with Gasteiger partial charge in [-0.15, -0.1) is 0 Å². The Morgan fingerprint density at radius 3 is 2.39 bits per heavy atom. The molecule has 196 valence electrons. The van der Waals surface area contributed by atoms with E-state index in [-0.39, 0.29) is 16.7 Å². The third-order valence-electron chi connectivity index (χ3n) is 7.32. The van der Waals surface area contributed by atoms with E-state index in [1.165, 1.54) is 0 Å². The number of aromatic nitrogens is 4. The Kier molecular flexibility index (Phi) is 6.42. The molecule has 1 unspecified atom stereocenters. The standard InChI is InChI=1S/C30H33N5O3/c1-19-8-6-15-34-20(2)24(32-28(19)34)26(36)23-25(21-9-11-22(12-10-21)30(3,4)5)35(29(38)27(23)37)16-7-14-33-17-13-31-18-33/h6,8-13,15,17-18,25,36H,7,14,16H2,1-5H3/b26-23+. The number of hydrogen-bond donors (Lipinski definition) is 1. The lowest BCUT2D eigenvalue weighted by molar-refractivity contribution is -0.139. The Labute approximate surface area is 222 Å². The number of aliphatic hydroxyl groups excluding tert-OH is 1. The van der Waals surface area contributed by atoms with Crippen LogP contribution in [0.2, 0.25) is 0 Å². The van der Waals surface area contributed by atoms with Crippen LogP contribution in [-0.2, 0) is 21.5 Å². The maximum Gasteiger partial charge on any atom is 0.295 e. The van der Waals surface area contributed by atoms with Gasteiger partial charge in [-0.05, 0) is 48.4 Å². The van der Waals surface area contributed by atoms with Crippen molar-refractivity contribution in [2.45, 2.75) is 59.0 Å². The van der Waals surface area contributed by atoms with E-state index < -0.39 is 17.7 Å². The first-order valence-electron chi connectivity index (χ1n) is 12.9. The van der Waals surface area contributed by atoms with Crippen molar-refractivity contribution in [3.8, 4) is 0 Å². The van der Waals surface area contributed by atoms with Gasteiger partial charge >= 0.3 is 0 Å². The number of carbonyl (C=O) groups is 2. The highest BCUT2D eigenvalue weighted by Crippen LogP contribution is 2.40. The van der Waals surface area contributed by atoms with Crippen molar-refractivity contribution in [3.05, 3.63) is 95.0 Å². The second kappa shape index (κ2) is 9.59. The van der Waals surface area contributed by atoms with E-state index in [2.05, 4.69) is 30.7 Å². The molecule has 5 rings (SSSR count). The van der Waals surface area contributed by atoms with Gasteiger partial charge in [0.25, 0.3) is 11.7 Å². The average Bonchev–Trinajstić information content (AvgIpc) is 3.58. The van der Waals surface area contributed by atoms with E-state index >= 15 is 0 Å². The molecule has 0 bridgehead atoms. The van der Waals surface area contributed by atoms with Gasteiger partial charge in [-0.25, -0.2) is 9.97 Å². The summed E-state index contributed by atoms with van der Waals surface area (Å²) in [7, 11) is 0. The van der Waals surface area contributed by atoms with Crippen LogP contribution in [0.3, 0.4) is 0 Å². The molecule has 4 heterocycles. The number of aliphatic hydroxyl groups is 1. The number of rotatable bonds is 6. The number of nitrogens with zero attached hydrogens (tertiary/aromatic N) is 5. The number of pyridine rings is 1. The molecule has 1 aliphatic heterocycles. The van der Waals surface area contributed by atoms with E-state index in [0.717, 1.165) is 16.7 Å². The van der Waals surface area contributed by atoms with Crippen molar-refractivity contribution in [3.63, 3.8) is 0 Å². The van der Waals surface area contributed by atoms with Gasteiger partial charge in [0.15, 0.2) is 5.76 Å². The number of likely N-dealkylation sites (tertiary alicyclic amines) is 1. The van der Waals surface area contributed by atoms with Crippen molar-refractivity contribution in [2.24, 2.45) is 0 Å². The minimum atomic E-state index is -0.711. The highest BCUT2D eigenvalue weighted by atomic mass is 16.3. The molecule has 1 aromatic carbocycles. The lowest BCUT2D eigenvalue weighted by Gasteiger charge is -2.26. The van der Waals surface area contributed by atoms with Gasteiger partial charge in [0.05, 0.1) is 23.6 Å². The molecule has 3 aromatic heterocycles. The van der Waals surface area contributed by atoms with Gasteiger partial charge in [-0.3, -0.25) is 9.59 Å². The molecule has 1 aliphatic rings. The number of amides is 1. The number of hydrogen-bond acceptors (Lipinski definition) is 5. The molecule has 4 aromatic rings. The molecule has 0 spiro atoms. The second-order valence-electron chi connectivity index (χ2n) is 10.9. The predicted octanol–water partition coefficient (Wildman–Crippen LogP) is 4.96. The highest BCUT2D eigenvalue weighted by molar-refractivity contribution is 6.46. The SMILES string of the molecule is Cc1cccn2c(C)c(/C(O)=C3\C(=O)C(=O)N(CCCn4ccnc4)C3c3ccc(C(C)(C)C)cc3)nc12. The zero-order valence-corrected chi connectivity index (χ0v) is 22.5. The molecule has 1 atom stereocenters. The van der Waals surface area contributed by atoms with E-state index in [9.17, 15) is 14.7 Å². The van der Waals surface area contributed by atoms with Crippen LogP contribution in [0.25, 0.3) is 11.4 Å². The maximum atomic E-state index is 13.5. The normalized spacial score (nSPS) is 17.6. The Balaban J connectivity index is 1.61. The summed E-state index contributed by atoms with van der Waals surface area (Å²) in [6, 6.07) is 11.1. The van der Waals surface area contributed by atoms with Gasteiger partial charge in [-0.2, -0.15) is 0 Å². The van der Waals surface area contributed by atoms with Crippen LogP contribution in [0, 0.1) is 13.8 Å². The average molecular weight is 512 g/mol. The fourth-order valence-electron chi connectivity index (χ4n) is 5.14. The zero-order chi connectivity index (χ0) is 27.2. The molecule has 8 heteroatoms. The summed E-state index contributed by atoms with van der Waals surface area (Å²) in [6.07, 6.45) is 7.81. The minimum absolute atomic E-state index is 0.0450. The van der Waals surface area contributed by atoms with Crippen LogP contribution in [0.4, 0.5) is 0 Å². The quantitative estimate of drug-likeness (QED) is 0.224. The van der Waals surface area contributed by atoms with Gasteiger partial charge in [0.2, 0.25) is 0 Å². The van der Waals surface area contributed by atoms with Gasteiger partial charge < -0.3 is 19.0 Å². The summed E-state index contributed by atoms with van der Waals surface area (Å²) in [5.41, 5.74) is 4.61. The molecule has 0 aliphatic carbocycles. The Bertz CT molecular complexity index is 1540. The molecule has 0 saturated carbocycles. The van der Waals surface area contributed by atoms with Crippen LogP contribution in [-0.4, -0.2) is 47.2 Å². The number of imidazole rings is 2. The van der Waals surface area contributed by atoms with Crippen LogP contribution >= 0.6 is 0 Å². The summed E-state index contributed by atoms with van der Waals surface area (Å²) in [4.78, 5) is 37.1. The monoisotopic (exact) mass is 511 g/mol. The van der Waals surface area contributed by atoms with Crippen molar-refractivity contribution < 1.29 is 14.7 Å². The topological polar surface area (TPSA) is 92.7 Å². The smallest absolute Gasteiger partial charge is 0.295 e. The third kappa shape index (κ3) is 4.40. The van der Waals surface area contributed by atoms with Crippen LogP contribution in [0.1, 0.15) is 61.3 Å². The van der Waals surface area contributed by atoms with E-state index in [1.54, 1.807) is 17.4 Å². The number of Topliss-reactive ketones (excluding diaryl/α,β-unsaturated/α-hetero) is 1. The van der Waals surface area contributed by atoms with Crippen LogP contribution < -0.4 is 0 Å². The fourth-order valence-corrected chi connectivity index (χ4v) is 5.14. The molecule has 8 nitrogen and oxygen atoms in total. The van der Waals surface area contributed by atoms with E-state index in [0.29, 0.717) is 36.5 Å². The zero-order valence-electron chi connectivity index (χ0n) is 22.5. The number of aryl methyl sites for hydroxylation is 3. The maximum absolute atomic E-state index is 13.5. The summed E-state index contributed by atoms with van der Waals surface area (Å²) in [6.45, 7) is 11.2. The molecule has 1 N–H and O–H groups in total. The second-order valence-corrected chi connectivity index (χ2v) is 10.9. The van der Waals surface area contributed by atoms with Crippen molar-refractivity contribution >= 4 is 23.1 Å². The first-order valence-corrected chi connectivity index (χ1v) is 12.9. The minimum Gasteiger partial charge on any atom is -0.505 e. The highest BCUT2D eigenvalue weighted by Gasteiger charge is 2.46. The fraction of sp³-hybridized carbons (Fsp3) is 0.333. The molecule has 1 amide bonds. The van der Waals surface area contributed by atoms with Crippen LogP contribution in [0.15, 0.2) is 66.9 Å². The number of ketones is 1. The first-order chi connectivity index (χ1) is 18.1. The van der Waals surface area contributed by atoms with E-state index in [1.807, 2.05) is 71.6 Å². The first kappa shape index (κ1) is 25.4. The number of benzene rings is 1. The molecule has 1 saturated heterocycles. The molecule has 1 fully saturated rings. The number of fused-ring (bicyclic) bond motifs is 1. The Hall–Kier alpha value is -4.20. The summed E-state index contributed by atoms with van der Waals surface area (Å²) >= 11 is 0. The lowest BCUT2D eigenvalue weighted by Crippen LogP contribution is -2.31. The Morgan fingerprint density at radius 2 is 1.76 bits per heavy atom. The van der Waals surface area contributed by atoms with Gasteiger partial charge in [0, 0.05) is 31.7 Å². The van der Waals surface area contributed by atoms with Gasteiger partial charge in [-0.1, -0.05) is 51.1 Å². The summed E-state index contributed by atoms with van der Waals surface area (Å²) < 4.78 is 3.82. The van der Waals surface area contributed by atoms with Gasteiger partial charge in [0.1, 0.15) is 11.3 Å². The lowest BCUT2D eigenvalue weighted by atomic mass is 9.85. The third-order valence-corrected chi connectivity index (χ3v) is 7.32. The molecular formula is C30H33N5O3. The predicted molar refractivity (Wildman–Crippen MR) is 146 cm³/mol. The van der Waals surface area contributed by atoms with E-state index in [4.69, 9.17) is 0 Å². The largest absolute Gasteiger partial charge is 0.505 e. The Morgan fingerprint density at radius 1 is 1.03 bits per heavy atom. The van der Waals surface area contributed by atoms with Crippen molar-refractivity contribution in [2.75, 3.05) is 6.54 Å². The summed E-state index contributed by atoms with van der Waals surface area (Å²) in [5.74, 6) is -1.55. The molecular weight excluding hydrogens is 478 g/mol. The summed E-state index contributed by atoms with van der Waals surface area (Å²) in [5, 5.41) is 11.6. The molecule has 0 radical (unpaired) electrons. The van der Waals surface area contributed by atoms with Crippen molar-refractivity contribution in [1.29, 1.82) is 0 Å². The van der Waals surface area contributed by atoms with Crippen molar-refractivity contribution in [1.82, 2.24) is 23.8 Å². The number of carbonyl (C=O) groups excluding carboxylic acids is 2.